The minimum Gasteiger partial charge on any atom is -0.356 e. The Morgan fingerprint density at radius 2 is 2.00 bits per heavy atom. The van der Waals surface area contributed by atoms with Crippen LogP contribution >= 0.6 is 23.1 Å². The van der Waals surface area contributed by atoms with Gasteiger partial charge in [0.05, 0.1) is 10.2 Å². The summed E-state index contributed by atoms with van der Waals surface area (Å²) >= 11 is 3.49. The SMILES string of the molecule is CCSc1nc2ccc(C(C)C(=O)CCc3ccc(C)nc3N3CCC(C)CC3)cc2s1. The second-order valence-corrected chi connectivity index (χ2v) is 11.5. The number of pyridine rings is 1. The molecule has 0 radical (unpaired) electrons. The first-order chi connectivity index (χ1) is 15.4. The van der Waals surface area contributed by atoms with Crippen LogP contribution in [-0.2, 0) is 11.2 Å². The molecule has 1 fully saturated rings. The largest absolute Gasteiger partial charge is 0.356 e. The van der Waals surface area contributed by atoms with Gasteiger partial charge in [-0.1, -0.05) is 44.7 Å². The molecule has 1 aliphatic heterocycles. The van der Waals surface area contributed by atoms with E-state index >= 15 is 0 Å². The molecule has 170 valence electrons. The first-order valence-electron chi connectivity index (χ1n) is 11.7. The maximum absolute atomic E-state index is 13.1. The molecule has 1 saturated heterocycles. The van der Waals surface area contributed by atoms with Gasteiger partial charge in [-0.25, -0.2) is 9.97 Å². The zero-order valence-corrected chi connectivity index (χ0v) is 21.2. The molecule has 0 bridgehead atoms. The number of ketones is 1. The number of anilines is 1. The lowest BCUT2D eigenvalue weighted by Gasteiger charge is -2.32. The molecule has 4 rings (SSSR count). The van der Waals surface area contributed by atoms with Crippen molar-refractivity contribution >= 4 is 44.9 Å². The van der Waals surface area contributed by atoms with Gasteiger partial charge in [-0.15, -0.1) is 11.3 Å². The molecule has 0 N–H and O–H groups in total. The Bertz CT molecular complexity index is 1090. The normalized spacial score (nSPS) is 15.9. The smallest absolute Gasteiger partial charge is 0.151 e. The number of aromatic nitrogens is 2. The zero-order chi connectivity index (χ0) is 22.7. The predicted octanol–water partition coefficient (Wildman–Crippen LogP) is 6.65. The third-order valence-corrected chi connectivity index (χ3v) is 8.51. The fourth-order valence-electron chi connectivity index (χ4n) is 4.30. The molecule has 1 unspecified atom stereocenters. The van der Waals surface area contributed by atoms with Crippen LogP contribution in [0.1, 0.15) is 62.8 Å². The number of carbonyl (C=O) groups excluding carboxylic acids is 1. The Hall–Kier alpha value is -1.92. The van der Waals surface area contributed by atoms with Gasteiger partial charge in [0.15, 0.2) is 4.34 Å². The van der Waals surface area contributed by atoms with Gasteiger partial charge >= 0.3 is 0 Å². The zero-order valence-electron chi connectivity index (χ0n) is 19.6. The molecule has 0 amide bonds. The van der Waals surface area contributed by atoms with Crippen LogP contribution in [0.15, 0.2) is 34.7 Å². The minimum atomic E-state index is -0.110. The number of thioether (sulfide) groups is 1. The van der Waals surface area contributed by atoms with Gasteiger partial charge in [0.2, 0.25) is 0 Å². The average molecular weight is 468 g/mol. The number of hydrogen-bond donors (Lipinski definition) is 0. The molecule has 0 aliphatic carbocycles. The highest BCUT2D eigenvalue weighted by Gasteiger charge is 2.21. The highest BCUT2D eigenvalue weighted by molar-refractivity contribution is 8.01. The number of aryl methyl sites for hydroxylation is 2. The topological polar surface area (TPSA) is 46.1 Å². The van der Waals surface area contributed by atoms with Crippen molar-refractivity contribution in [3.8, 4) is 0 Å². The summed E-state index contributed by atoms with van der Waals surface area (Å²) in [7, 11) is 0. The summed E-state index contributed by atoms with van der Waals surface area (Å²) in [6.45, 7) is 10.7. The molecule has 32 heavy (non-hydrogen) atoms. The average Bonchev–Trinajstić information content (AvgIpc) is 3.20. The van der Waals surface area contributed by atoms with Gasteiger partial charge < -0.3 is 4.90 Å². The van der Waals surface area contributed by atoms with E-state index in [2.05, 4.69) is 54.1 Å². The van der Waals surface area contributed by atoms with Crippen LogP contribution in [0.2, 0.25) is 0 Å². The number of hydrogen-bond acceptors (Lipinski definition) is 6. The minimum absolute atomic E-state index is 0.110. The maximum atomic E-state index is 13.1. The number of carbonyl (C=O) groups is 1. The molecular formula is C26H33N3OS2. The highest BCUT2D eigenvalue weighted by atomic mass is 32.2. The van der Waals surface area contributed by atoms with Crippen molar-refractivity contribution in [3.05, 3.63) is 47.2 Å². The number of fused-ring (bicyclic) bond motifs is 1. The van der Waals surface area contributed by atoms with E-state index in [1.165, 1.54) is 23.1 Å². The Kier molecular flexibility index (Phi) is 7.51. The van der Waals surface area contributed by atoms with E-state index < -0.39 is 0 Å². The van der Waals surface area contributed by atoms with Crippen molar-refractivity contribution < 1.29 is 4.79 Å². The summed E-state index contributed by atoms with van der Waals surface area (Å²) in [5.74, 6) is 3.07. The van der Waals surface area contributed by atoms with Gasteiger partial charge in [0.1, 0.15) is 11.6 Å². The van der Waals surface area contributed by atoms with E-state index in [9.17, 15) is 4.79 Å². The molecule has 3 aromatic rings. The van der Waals surface area contributed by atoms with Crippen molar-refractivity contribution in [2.75, 3.05) is 23.7 Å². The molecule has 0 spiro atoms. The van der Waals surface area contributed by atoms with E-state index in [-0.39, 0.29) is 11.7 Å². The van der Waals surface area contributed by atoms with Crippen LogP contribution in [0.5, 0.6) is 0 Å². The van der Waals surface area contributed by atoms with E-state index in [0.29, 0.717) is 6.42 Å². The Balaban J connectivity index is 1.45. The van der Waals surface area contributed by atoms with Crippen LogP contribution in [0, 0.1) is 12.8 Å². The lowest BCUT2D eigenvalue weighted by molar-refractivity contribution is -0.120. The van der Waals surface area contributed by atoms with Crippen molar-refractivity contribution in [1.82, 2.24) is 9.97 Å². The predicted molar refractivity (Wildman–Crippen MR) is 137 cm³/mol. The van der Waals surface area contributed by atoms with Crippen LogP contribution in [0.4, 0.5) is 5.82 Å². The number of Topliss-reactive ketones (excluding diaryl/α,β-unsaturated/α-hetero) is 1. The van der Waals surface area contributed by atoms with E-state index in [1.54, 1.807) is 23.1 Å². The monoisotopic (exact) mass is 467 g/mol. The second-order valence-electron chi connectivity index (χ2n) is 8.93. The van der Waals surface area contributed by atoms with Crippen molar-refractivity contribution in [3.63, 3.8) is 0 Å². The van der Waals surface area contributed by atoms with Gasteiger partial charge in [-0.2, -0.15) is 0 Å². The first kappa shape index (κ1) is 23.2. The van der Waals surface area contributed by atoms with Crippen molar-refractivity contribution in [1.29, 1.82) is 0 Å². The van der Waals surface area contributed by atoms with Gasteiger partial charge in [0, 0.05) is 31.1 Å². The molecule has 2 aromatic heterocycles. The van der Waals surface area contributed by atoms with Crippen LogP contribution < -0.4 is 4.90 Å². The van der Waals surface area contributed by atoms with Gasteiger partial charge in [0.25, 0.3) is 0 Å². The number of benzene rings is 1. The Morgan fingerprint density at radius 1 is 1.22 bits per heavy atom. The Morgan fingerprint density at radius 3 is 2.75 bits per heavy atom. The fraction of sp³-hybridized carbons (Fsp3) is 0.500. The third kappa shape index (κ3) is 5.34. The molecule has 4 nitrogen and oxygen atoms in total. The van der Waals surface area contributed by atoms with Crippen molar-refractivity contribution in [2.24, 2.45) is 5.92 Å². The summed E-state index contributed by atoms with van der Waals surface area (Å²) in [5.41, 5.74) is 4.36. The molecule has 3 heterocycles. The highest BCUT2D eigenvalue weighted by Crippen LogP contribution is 2.32. The molecule has 1 aromatic carbocycles. The number of nitrogens with zero attached hydrogens (tertiary/aromatic N) is 3. The van der Waals surface area contributed by atoms with Gasteiger partial charge in [-0.05, 0) is 67.2 Å². The van der Waals surface area contributed by atoms with E-state index in [1.807, 2.05) is 13.8 Å². The molecule has 1 atom stereocenters. The molecule has 0 saturated carbocycles. The second kappa shape index (κ2) is 10.3. The van der Waals surface area contributed by atoms with Crippen LogP contribution in [-0.4, -0.2) is 34.6 Å². The number of rotatable bonds is 8. The third-order valence-electron chi connectivity index (χ3n) is 6.46. The van der Waals surface area contributed by atoms with Crippen molar-refractivity contribution in [2.45, 2.75) is 63.6 Å². The molecule has 6 heteroatoms. The molecule has 1 aliphatic rings. The van der Waals surface area contributed by atoms with Gasteiger partial charge in [-0.3, -0.25) is 4.79 Å². The maximum Gasteiger partial charge on any atom is 0.151 e. The summed E-state index contributed by atoms with van der Waals surface area (Å²) < 4.78 is 2.27. The first-order valence-corrected chi connectivity index (χ1v) is 13.5. The van der Waals surface area contributed by atoms with Crippen LogP contribution in [0.3, 0.4) is 0 Å². The van der Waals surface area contributed by atoms with Crippen LogP contribution in [0.25, 0.3) is 10.2 Å². The molecular weight excluding hydrogens is 434 g/mol. The van der Waals surface area contributed by atoms with E-state index in [4.69, 9.17) is 4.98 Å². The summed E-state index contributed by atoms with van der Waals surface area (Å²) in [6.07, 6.45) is 3.71. The van der Waals surface area contributed by atoms with E-state index in [0.717, 1.165) is 58.1 Å². The Labute approximate surface area is 199 Å². The quantitative estimate of drug-likeness (QED) is 0.347. The fourth-order valence-corrected chi connectivity index (χ4v) is 6.31. The lowest BCUT2D eigenvalue weighted by atomic mass is 9.92. The standard InChI is InChI=1S/C26H33N3OS2/c1-5-31-26-28-22-10-8-21(16-24(22)32-26)19(4)23(30)11-9-20-7-6-18(3)27-25(20)29-14-12-17(2)13-15-29/h6-8,10,16-17,19H,5,9,11-15H2,1-4H3. The number of thiazole rings is 1. The lowest BCUT2D eigenvalue weighted by Crippen LogP contribution is -2.34. The number of piperidine rings is 1. The summed E-state index contributed by atoms with van der Waals surface area (Å²) in [4.78, 5) is 25.1. The summed E-state index contributed by atoms with van der Waals surface area (Å²) in [5, 5.41) is 0. The summed E-state index contributed by atoms with van der Waals surface area (Å²) in [6, 6.07) is 10.5.